The van der Waals surface area contributed by atoms with Gasteiger partial charge in [0.2, 0.25) is 5.91 Å². The zero-order valence-electron chi connectivity index (χ0n) is 15.7. The first-order valence-electron chi connectivity index (χ1n) is 8.30. The Balaban J connectivity index is -0.00000220. The van der Waals surface area contributed by atoms with Crippen molar-refractivity contribution >= 4 is 17.8 Å². The molecular weight excluding hydrogens is 323 g/mol. The first-order chi connectivity index (χ1) is 10.6. The molecule has 1 amide bonds. The maximum Gasteiger partial charge on any atom is 1.00 e. The van der Waals surface area contributed by atoms with Gasteiger partial charge in [0.1, 0.15) is 6.54 Å². The van der Waals surface area contributed by atoms with E-state index in [-0.39, 0.29) is 71.8 Å². The minimum atomic E-state index is -0.793. The van der Waals surface area contributed by atoms with Crippen molar-refractivity contribution in [2.45, 2.75) is 71.1 Å². The third-order valence-electron chi connectivity index (χ3n) is 3.33. The molecule has 0 aromatic rings. The van der Waals surface area contributed by atoms with Crippen molar-refractivity contribution in [2.24, 2.45) is 5.73 Å². The van der Waals surface area contributed by atoms with E-state index >= 15 is 0 Å². The largest absolute Gasteiger partial charge is 1.00 e. The van der Waals surface area contributed by atoms with Crippen molar-refractivity contribution in [3.63, 3.8) is 0 Å². The minimum Gasteiger partial charge on any atom is -1.00 e. The van der Waals surface area contributed by atoms with Gasteiger partial charge in [-0.25, -0.2) is 4.79 Å². The Hall–Kier alpha value is 0.206. The van der Waals surface area contributed by atoms with Crippen molar-refractivity contribution in [1.82, 2.24) is 5.32 Å². The van der Waals surface area contributed by atoms with Crippen molar-refractivity contribution in [3.8, 4) is 0 Å². The van der Waals surface area contributed by atoms with E-state index in [0.717, 1.165) is 19.3 Å². The van der Waals surface area contributed by atoms with E-state index in [9.17, 15) is 14.4 Å². The fraction of sp³-hybridized carbons (Fsp3) is 0.812. The van der Waals surface area contributed by atoms with Crippen molar-refractivity contribution in [2.75, 3.05) is 13.1 Å². The SMILES string of the molecule is CCCCCCCCCCCC(=O)NCC(=O)OC(=O)CN.[H-].[K+]. The van der Waals surface area contributed by atoms with Gasteiger partial charge in [0.25, 0.3) is 0 Å². The van der Waals surface area contributed by atoms with Crippen molar-refractivity contribution < 1.29 is 71.9 Å². The molecule has 0 aliphatic rings. The van der Waals surface area contributed by atoms with Crippen LogP contribution in [0.25, 0.3) is 0 Å². The number of unbranched alkanes of at least 4 members (excludes halogenated alkanes) is 8. The Bertz CT molecular complexity index is 344. The van der Waals surface area contributed by atoms with Gasteiger partial charge in [-0.05, 0) is 6.42 Å². The van der Waals surface area contributed by atoms with Gasteiger partial charge in [0, 0.05) is 6.42 Å². The van der Waals surface area contributed by atoms with Gasteiger partial charge >= 0.3 is 63.3 Å². The summed E-state index contributed by atoms with van der Waals surface area (Å²) in [5.41, 5.74) is 5.00. The summed E-state index contributed by atoms with van der Waals surface area (Å²) in [6.07, 6.45) is 11.1. The molecule has 0 radical (unpaired) electrons. The number of ether oxygens (including phenoxy) is 1. The number of esters is 2. The number of hydrogen-bond donors (Lipinski definition) is 2. The van der Waals surface area contributed by atoms with Crippen LogP contribution in [0.1, 0.15) is 72.6 Å². The average Bonchev–Trinajstić information content (AvgIpc) is 2.51. The van der Waals surface area contributed by atoms with Crippen LogP contribution in [0.3, 0.4) is 0 Å². The molecular formula is C16H31KN2O4. The summed E-state index contributed by atoms with van der Waals surface area (Å²) in [4.78, 5) is 33.3. The quantitative estimate of drug-likeness (QED) is 0.195. The molecule has 0 saturated heterocycles. The van der Waals surface area contributed by atoms with E-state index in [2.05, 4.69) is 17.0 Å². The Morgan fingerprint density at radius 3 is 1.96 bits per heavy atom. The molecule has 7 heteroatoms. The second-order valence-corrected chi connectivity index (χ2v) is 5.41. The van der Waals surface area contributed by atoms with Crippen LogP contribution >= 0.6 is 0 Å². The maximum atomic E-state index is 11.5. The molecule has 23 heavy (non-hydrogen) atoms. The predicted octanol–water partition coefficient (Wildman–Crippen LogP) is -0.831. The van der Waals surface area contributed by atoms with E-state index in [1.165, 1.54) is 38.5 Å². The summed E-state index contributed by atoms with van der Waals surface area (Å²) in [6.45, 7) is 1.57. The average molecular weight is 355 g/mol. The summed E-state index contributed by atoms with van der Waals surface area (Å²) in [6, 6.07) is 0. The van der Waals surface area contributed by atoms with Gasteiger partial charge in [0.15, 0.2) is 0 Å². The second-order valence-electron chi connectivity index (χ2n) is 5.41. The van der Waals surface area contributed by atoms with Gasteiger partial charge in [-0.2, -0.15) is 0 Å². The topological polar surface area (TPSA) is 98.5 Å². The number of rotatable bonds is 13. The molecule has 0 rings (SSSR count). The zero-order chi connectivity index (χ0) is 16.6. The zero-order valence-corrected chi connectivity index (χ0v) is 17.8. The number of carbonyl (C=O) groups is 3. The van der Waals surface area contributed by atoms with Crippen LogP contribution in [0, 0.1) is 0 Å². The normalized spacial score (nSPS) is 9.83. The molecule has 0 saturated carbocycles. The van der Waals surface area contributed by atoms with E-state index in [1.807, 2.05) is 0 Å². The van der Waals surface area contributed by atoms with Crippen molar-refractivity contribution in [1.29, 1.82) is 0 Å². The monoisotopic (exact) mass is 354 g/mol. The molecule has 0 bridgehead atoms. The van der Waals surface area contributed by atoms with Crippen LogP contribution in [-0.2, 0) is 19.1 Å². The van der Waals surface area contributed by atoms with Gasteiger partial charge in [-0.1, -0.05) is 58.3 Å². The standard InChI is InChI=1S/C16H30N2O4.K.H/c1-2-3-4-5-6-7-8-9-10-11-14(19)18-13-16(21)22-15(20)12-17;;/h2-13,17H2,1H3,(H,18,19);;/q;+1;-1. The third-order valence-corrected chi connectivity index (χ3v) is 3.33. The van der Waals surface area contributed by atoms with E-state index in [4.69, 9.17) is 5.73 Å². The van der Waals surface area contributed by atoms with E-state index in [0.29, 0.717) is 6.42 Å². The fourth-order valence-electron chi connectivity index (χ4n) is 2.06. The third kappa shape index (κ3) is 18.4. The molecule has 6 nitrogen and oxygen atoms in total. The molecule has 0 atom stereocenters. The molecule has 0 spiro atoms. The van der Waals surface area contributed by atoms with Gasteiger partial charge in [-0.3, -0.25) is 9.59 Å². The van der Waals surface area contributed by atoms with Gasteiger partial charge in [0.05, 0.1) is 6.54 Å². The Labute approximate surface area is 183 Å². The number of hydrogen-bond acceptors (Lipinski definition) is 5. The van der Waals surface area contributed by atoms with Gasteiger partial charge in [-0.15, -0.1) is 0 Å². The van der Waals surface area contributed by atoms with Crippen LogP contribution in [-0.4, -0.2) is 30.9 Å². The van der Waals surface area contributed by atoms with E-state index in [1.54, 1.807) is 0 Å². The predicted molar refractivity (Wildman–Crippen MR) is 86.1 cm³/mol. The molecule has 130 valence electrons. The molecule has 0 heterocycles. The van der Waals surface area contributed by atoms with Crippen LogP contribution in [0.2, 0.25) is 0 Å². The minimum absolute atomic E-state index is 0. The summed E-state index contributed by atoms with van der Waals surface area (Å²) in [5.74, 6) is -1.77. The van der Waals surface area contributed by atoms with Gasteiger partial charge < -0.3 is 17.2 Å². The molecule has 0 aliphatic carbocycles. The molecule has 0 fully saturated rings. The van der Waals surface area contributed by atoms with Crippen LogP contribution in [0.5, 0.6) is 0 Å². The van der Waals surface area contributed by atoms with E-state index < -0.39 is 11.9 Å². The molecule has 0 aromatic carbocycles. The smallest absolute Gasteiger partial charge is 1.00 e. The van der Waals surface area contributed by atoms with Crippen LogP contribution in [0.15, 0.2) is 0 Å². The molecule has 0 unspecified atom stereocenters. The summed E-state index contributed by atoms with van der Waals surface area (Å²) in [7, 11) is 0. The molecule has 3 N–H and O–H groups in total. The second kappa shape index (κ2) is 18.5. The maximum absolute atomic E-state index is 11.5. The number of carbonyl (C=O) groups excluding carboxylic acids is 3. The Morgan fingerprint density at radius 2 is 1.43 bits per heavy atom. The fourth-order valence-corrected chi connectivity index (χ4v) is 2.06. The summed E-state index contributed by atoms with van der Waals surface area (Å²) in [5, 5.41) is 2.43. The van der Waals surface area contributed by atoms with Crippen LogP contribution < -0.4 is 62.4 Å². The Morgan fingerprint density at radius 1 is 0.913 bits per heavy atom. The molecule has 0 aromatic heterocycles. The van der Waals surface area contributed by atoms with Crippen LogP contribution in [0.4, 0.5) is 0 Å². The number of nitrogens with one attached hydrogen (secondary N) is 1. The van der Waals surface area contributed by atoms with Crippen molar-refractivity contribution in [3.05, 3.63) is 0 Å². The first-order valence-corrected chi connectivity index (χ1v) is 8.30. The summed E-state index contributed by atoms with van der Waals surface area (Å²) < 4.78 is 4.33. The number of amides is 1. The first kappa shape index (κ1) is 25.4. The molecule has 0 aliphatic heterocycles. The Kier molecular flexibility index (Phi) is 20.5. The number of nitrogens with two attached hydrogens (primary N) is 1. The summed E-state index contributed by atoms with van der Waals surface area (Å²) >= 11 is 0.